The van der Waals surface area contributed by atoms with Gasteiger partial charge in [0.25, 0.3) is 0 Å². The fourth-order valence-corrected chi connectivity index (χ4v) is 1.55. The third-order valence-electron chi connectivity index (χ3n) is 1.87. The molecule has 0 aromatic rings. The first-order chi connectivity index (χ1) is 8.35. The number of sulfone groups is 1. The van der Waals surface area contributed by atoms with Crippen molar-refractivity contribution in [1.82, 2.24) is 10.6 Å². The predicted molar refractivity (Wildman–Crippen MR) is 90.2 cm³/mol. The normalized spacial score (nSPS) is 12.2. The molecule has 2 N–H and O–H groups in total. The molecule has 0 aliphatic rings. The fourth-order valence-electron chi connectivity index (χ4n) is 1.13. The van der Waals surface area contributed by atoms with Crippen molar-refractivity contribution in [2.75, 3.05) is 38.3 Å². The Balaban J connectivity index is 0. The number of ether oxygens (including phenoxy) is 1. The van der Waals surface area contributed by atoms with E-state index in [0.29, 0.717) is 19.2 Å². The number of nitrogens with one attached hydrogen (secondary N) is 2. The van der Waals surface area contributed by atoms with E-state index in [9.17, 15) is 8.42 Å². The molecule has 116 valence electrons. The largest absolute Gasteiger partial charge is 0.378 e. The Kier molecular flexibility index (Phi) is 13.1. The predicted octanol–water partition coefficient (Wildman–Crippen LogP) is 0.629. The van der Waals surface area contributed by atoms with Gasteiger partial charge in [-0.25, -0.2) is 8.42 Å². The number of rotatable bonds is 8. The lowest BCUT2D eigenvalue weighted by atomic mass is 10.4. The van der Waals surface area contributed by atoms with Gasteiger partial charge in [-0.1, -0.05) is 0 Å². The first kappa shape index (κ1) is 21.2. The fraction of sp³-hybridized carbons (Fsp3) is 0.909. The number of aliphatic imine (C=N–C) groups is 1. The summed E-state index contributed by atoms with van der Waals surface area (Å²) in [4.78, 5) is 4.31. The molecule has 0 fully saturated rings. The summed E-state index contributed by atoms with van der Waals surface area (Å²) in [6.07, 6.45) is 1.20. The molecule has 0 radical (unpaired) electrons. The number of nitrogens with zero attached hydrogens (tertiary/aromatic N) is 1. The van der Waals surface area contributed by atoms with Crippen molar-refractivity contribution < 1.29 is 13.2 Å². The van der Waals surface area contributed by atoms with E-state index in [0.717, 1.165) is 12.5 Å². The van der Waals surface area contributed by atoms with Crippen molar-refractivity contribution in [3.8, 4) is 0 Å². The molecule has 0 aromatic carbocycles. The Hall–Kier alpha value is -0.0900. The van der Waals surface area contributed by atoms with Crippen LogP contribution in [0.3, 0.4) is 0 Å². The van der Waals surface area contributed by atoms with E-state index in [1.165, 1.54) is 6.26 Å². The lowest BCUT2D eigenvalue weighted by molar-refractivity contribution is 0.157. The summed E-state index contributed by atoms with van der Waals surface area (Å²) in [5, 5.41) is 6.30. The van der Waals surface area contributed by atoms with Gasteiger partial charge in [-0.15, -0.1) is 24.0 Å². The summed E-state index contributed by atoms with van der Waals surface area (Å²) in [5.74, 6) is 0.806. The monoisotopic (exact) mass is 407 g/mol. The van der Waals surface area contributed by atoms with Crippen LogP contribution in [0, 0.1) is 0 Å². The van der Waals surface area contributed by atoms with E-state index >= 15 is 0 Å². The maximum atomic E-state index is 10.9. The van der Waals surface area contributed by atoms with Crippen LogP contribution in [0.15, 0.2) is 4.99 Å². The van der Waals surface area contributed by atoms with E-state index < -0.39 is 9.84 Å². The average Bonchev–Trinajstić information content (AvgIpc) is 2.21. The number of halogens is 1. The van der Waals surface area contributed by atoms with Gasteiger partial charge in [-0.2, -0.15) is 0 Å². The molecular formula is C11H26IN3O3S. The van der Waals surface area contributed by atoms with Crippen LogP contribution in [0.4, 0.5) is 0 Å². The Morgan fingerprint density at radius 2 is 1.95 bits per heavy atom. The highest BCUT2D eigenvalue weighted by Gasteiger charge is 2.01. The molecule has 0 saturated heterocycles. The molecule has 0 amide bonds. The van der Waals surface area contributed by atoms with Gasteiger partial charge in [0.2, 0.25) is 0 Å². The van der Waals surface area contributed by atoms with E-state index in [4.69, 9.17) is 4.74 Å². The molecule has 0 rings (SSSR count). The standard InChI is InChI=1S/C11H25N3O3S.HI/c1-5-12-11(14-10(2)3)13-6-7-17-8-9-18(4,15)16;/h10H,5-9H2,1-4H3,(H2,12,13,14);1H. The first-order valence-electron chi connectivity index (χ1n) is 6.15. The minimum atomic E-state index is -2.94. The molecule has 0 unspecified atom stereocenters. The molecule has 0 bridgehead atoms. The second-order valence-electron chi connectivity index (χ2n) is 4.30. The maximum absolute atomic E-state index is 10.9. The van der Waals surface area contributed by atoms with Crippen molar-refractivity contribution >= 4 is 39.8 Å². The van der Waals surface area contributed by atoms with Crippen LogP contribution >= 0.6 is 24.0 Å². The van der Waals surface area contributed by atoms with Gasteiger partial charge in [0.15, 0.2) is 5.96 Å². The molecular weight excluding hydrogens is 381 g/mol. The molecule has 0 saturated carbocycles. The summed E-state index contributed by atoms with van der Waals surface area (Å²) in [5.41, 5.74) is 0. The topological polar surface area (TPSA) is 79.8 Å². The van der Waals surface area contributed by atoms with Gasteiger partial charge in [-0.3, -0.25) is 4.99 Å². The Labute approximate surface area is 133 Å². The van der Waals surface area contributed by atoms with E-state index in [1.54, 1.807) is 0 Å². The zero-order valence-corrected chi connectivity index (χ0v) is 15.2. The minimum Gasteiger partial charge on any atom is -0.378 e. The van der Waals surface area contributed by atoms with Gasteiger partial charge in [0.1, 0.15) is 9.84 Å². The van der Waals surface area contributed by atoms with Crippen LogP contribution in [0.1, 0.15) is 20.8 Å². The van der Waals surface area contributed by atoms with Crippen LogP contribution in [-0.2, 0) is 14.6 Å². The molecule has 0 aromatic heterocycles. The second kappa shape index (κ2) is 11.7. The van der Waals surface area contributed by atoms with Crippen molar-refractivity contribution in [2.24, 2.45) is 4.99 Å². The number of hydrogen-bond acceptors (Lipinski definition) is 4. The smallest absolute Gasteiger partial charge is 0.191 e. The van der Waals surface area contributed by atoms with E-state index in [1.807, 2.05) is 20.8 Å². The minimum absolute atomic E-state index is 0. The zero-order valence-electron chi connectivity index (χ0n) is 12.1. The van der Waals surface area contributed by atoms with Gasteiger partial charge in [0, 0.05) is 18.8 Å². The van der Waals surface area contributed by atoms with Crippen molar-refractivity contribution in [3.63, 3.8) is 0 Å². The molecule has 0 atom stereocenters. The molecule has 0 aliphatic carbocycles. The van der Waals surface area contributed by atoms with Crippen LogP contribution in [0.2, 0.25) is 0 Å². The summed E-state index contributed by atoms with van der Waals surface area (Å²) < 4.78 is 26.9. The van der Waals surface area contributed by atoms with Gasteiger partial charge >= 0.3 is 0 Å². The maximum Gasteiger partial charge on any atom is 0.191 e. The molecule has 0 aliphatic heterocycles. The van der Waals surface area contributed by atoms with Gasteiger partial charge in [0.05, 0.1) is 25.5 Å². The number of hydrogen-bond donors (Lipinski definition) is 2. The highest BCUT2D eigenvalue weighted by Crippen LogP contribution is 1.85. The lowest BCUT2D eigenvalue weighted by Gasteiger charge is -2.13. The SMILES string of the molecule is CCNC(=NCCOCCS(C)(=O)=O)NC(C)C.I. The highest BCUT2D eigenvalue weighted by atomic mass is 127. The van der Waals surface area contributed by atoms with Crippen LogP contribution in [-0.4, -0.2) is 58.7 Å². The van der Waals surface area contributed by atoms with Crippen molar-refractivity contribution in [2.45, 2.75) is 26.8 Å². The second-order valence-corrected chi connectivity index (χ2v) is 6.56. The lowest BCUT2D eigenvalue weighted by Crippen LogP contribution is -2.41. The number of guanidine groups is 1. The van der Waals surface area contributed by atoms with Crippen LogP contribution in [0.25, 0.3) is 0 Å². The molecule has 8 heteroatoms. The molecule has 6 nitrogen and oxygen atoms in total. The Morgan fingerprint density at radius 3 is 2.42 bits per heavy atom. The Morgan fingerprint density at radius 1 is 1.32 bits per heavy atom. The molecule has 0 heterocycles. The van der Waals surface area contributed by atoms with Gasteiger partial charge < -0.3 is 15.4 Å². The highest BCUT2D eigenvalue weighted by molar-refractivity contribution is 14.0. The zero-order chi connectivity index (χ0) is 14.0. The summed E-state index contributed by atoms with van der Waals surface area (Å²) in [6.45, 7) is 8.02. The third-order valence-corrected chi connectivity index (χ3v) is 2.78. The van der Waals surface area contributed by atoms with Crippen molar-refractivity contribution in [3.05, 3.63) is 0 Å². The quantitative estimate of drug-likeness (QED) is 0.267. The third kappa shape index (κ3) is 15.9. The van der Waals surface area contributed by atoms with Gasteiger partial charge in [-0.05, 0) is 20.8 Å². The van der Waals surface area contributed by atoms with Crippen LogP contribution in [0.5, 0.6) is 0 Å². The van der Waals surface area contributed by atoms with E-state index in [2.05, 4.69) is 15.6 Å². The summed E-state index contributed by atoms with van der Waals surface area (Å²) in [6, 6.07) is 0.314. The average molecular weight is 407 g/mol. The van der Waals surface area contributed by atoms with Crippen molar-refractivity contribution in [1.29, 1.82) is 0 Å². The summed E-state index contributed by atoms with van der Waals surface area (Å²) >= 11 is 0. The van der Waals surface area contributed by atoms with E-state index in [-0.39, 0.29) is 36.3 Å². The first-order valence-corrected chi connectivity index (χ1v) is 8.21. The molecule has 0 spiro atoms. The summed E-state index contributed by atoms with van der Waals surface area (Å²) in [7, 11) is -2.94. The molecule has 19 heavy (non-hydrogen) atoms. The Bertz CT molecular complexity index is 345. The van der Waals surface area contributed by atoms with Crippen LogP contribution < -0.4 is 10.6 Å².